The molecule has 7 nitrogen and oxygen atoms in total. The molecule has 3 aliphatic rings. The van der Waals surface area contributed by atoms with Crippen molar-refractivity contribution >= 4 is 21.6 Å². The van der Waals surface area contributed by atoms with Crippen LogP contribution in [0, 0.1) is 10.7 Å². The van der Waals surface area contributed by atoms with Gasteiger partial charge in [-0.3, -0.25) is 0 Å². The van der Waals surface area contributed by atoms with E-state index >= 15 is 0 Å². The zero-order valence-electron chi connectivity index (χ0n) is 17.0. The lowest BCUT2D eigenvalue weighted by Gasteiger charge is -2.20. The molecule has 8 heteroatoms. The first-order valence-corrected chi connectivity index (χ1v) is 12.2. The smallest absolute Gasteiger partial charge is 0.332 e. The van der Waals surface area contributed by atoms with Gasteiger partial charge < -0.3 is 14.8 Å². The van der Waals surface area contributed by atoms with Crippen LogP contribution in [0.4, 0.5) is 10.5 Å². The maximum absolute atomic E-state index is 12.8. The number of rotatable bonds is 6. The Hall–Kier alpha value is -2.32. The average molecular weight is 430 g/mol. The number of nitrogens with one attached hydrogen (secondary N) is 3. The van der Waals surface area contributed by atoms with Crippen LogP contribution in [0.2, 0.25) is 0 Å². The van der Waals surface area contributed by atoms with E-state index in [4.69, 9.17) is 9.20 Å². The van der Waals surface area contributed by atoms with Gasteiger partial charge in [0.05, 0.1) is 11.9 Å². The van der Waals surface area contributed by atoms with Crippen molar-refractivity contribution < 1.29 is 18.5 Å². The molecular weight excluding hydrogens is 402 g/mol. The summed E-state index contributed by atoms with van der Waals surface area (Å²) in [6.45, 7) is 2.19. The molecule has 2 aromatic rings. The van der Waals surface area contributed by atoms with Crippen molar-refractivity contribution in [2.45, 2.75) is 68.5 Å². The summed E-state index contributed by atoms with van der Waals surface area (Å²) >= 11 is 0. The predicted octanol–water partition coefficient (Wildman–Crippen LogP) is 4.41. The summed E-state index contributed by atoms with van der Waals surface area (Å²) in [5.41, 5.74) is 3.88. The number of amides is 2. The van der Waals surface area contributed by atoms with Crippen molar-refractivity contribution in [1.29, 1.82) is 4.78 Å². The number of hydrogen-bond acceptors (Lipinski definition) is 5. The summed E-state index contributed by atoms with van der Waals surface area (Å²) in [7, 11) is -3.68. The van der Waals surface area contributed by atoms with Gasteiger partial charge in [-0.2, -0.15) is 0 Å². The highest BCUT2D eigenvalue weighted by molar-refractivity contribution is 7.91. The SMILES string of the molecule is C[C@H](c1ccc2c(c1NC(=O)N[S@@](=N)(=O)c1cc(C3(O)CC3)co1)CCC2)C1CC1. The second-order valence-corrected chi connectivity index (χ2v) is 10.7. The monoisotopic (exact) mass is 429 g/mol. The first-order valence-electron chi connectivity index (χ1n) is 10.6. The highest BCUT2D eigenvalue weighted by Gasteiger charge is 2.44. The number of carbonyl (C=O) groups is 1. The minimum atomic E-state index is -3.68. The van der Waals surface area contributed by atoms with Crippen LogP contribution in [0.1, 0.15) is 67.2 Å². The Morgan fingerprint density at radius 3 is 2.80 bits per heavy atom. The van der Waals surface area contributed by atoms with Crippen molar-refractivity contribution in [2.75, 3.05) is 5.32 Å². The Morgan fingerprint density at radius 2 is 2.10 bits per heavy atom. The number of fused-ring (bicyclic) bond motifs is 1. The van der Waals surface area contributed by atoms with E-state index < -0.39 is 21.5 Å². The van der Waals surface area contributed by atoms with E-state index in [1.807, 2.05) is 0 Å². The van der Waals surface area contributed by atoms with Crippen molar-refractivity contribution in [3.63, 3.8) is 0 Å². The normalized spacial score (nSPS) is 22.1. The van der Waals surface area contributed by atoms with Crippen LogP contribution < -0.4 is 10.0 Å². The number of carbonyl (C=O) groups excluding carboxylic acids is 1. The standard InChI is InChI=1S/C22H27N3O4S/c1-13(14-5-6-14)17-8-7-15-3-2-4-18(15)20(17)24-21(26)25-30(23,28)19-11-16(12-29-19)22(27)9-10-22/h7-8,11-14,27H,2-6,9-10H2,1H3,(H3,23,24,25,26,28)/t13-,30+/m0/s1. The van der Waals surface area contributed by atoms with Gasteiger partial charge >= 0.3 is 6.03 Å². The minimum absolute atomic E-state index is 0.155. The lowest BCUT2D eigenvalue weighted by atomic mass is 9.91. The molecule has 0 spiro atoms. The number of anilines is 1. The molecule has 1 aromatic heterocycles. The van der Waals surface area contributed by atoms with Crippen LogP contribution in [0.5, 0.6) is 0 Å². The van der Waals surface area contributed by atoms with E-state index in [1.165, 1.54) is 30.7 Å². The third-order valence-corrected chi connectivity index (χ3v) is 7.98. The summed E-state index contributed by atoms with van der Waals surface area (Å²) < 4.78 is 28.5. The number of benzene rings is 1. The van der Waals surface area contributed by atoms with E-state index in [2.05, 4.69) is 29.1 Å². The summed E-state index contributed by atoms with van der Waals surface area (Å²) in [6.07, 6.45) is 7.91. The largest absolute Gasteiger partial charge is 0.452 e. The number of furan rings is 1. The second kappa shape index (κ2) is 6.85. The van der Waals surface area contributed by atoms with Gasteiger partial charge in [-0.05, 0) is 73.5 Å². The lowest BCUT2D eigenvalue weighted by Crippen LogP contribution is -2.34. The fraction of sp³-hybridized carbons (Fsp3) is 0.500. The zero-order chi connectivity index (χ0) is 21.1. The van der Waals surface area contributed by atoms with E-state index in [9.17, 15) is 14.1 Å². The summed E-state index contributed by atoms with van der Waals surface area (Å²) in [5, 5.41) is 12.9. The van der Waals surface area contributed by atoms with Crippen LogP contribution in [0.3, 0.4) is 0 Å². The molecule has 2 saturated carbocycles. The van der Waals surface area contributed by atoms with Crippen molar-refractivity contribution in [1.82, 2.24) is 4.72 Å². The highest BCUT2D eigenvalue weighted by Crippen LogP contribution is 2.47. The molecule has 2 amide bonds. The Kier molecular flexibility index (Phi) is 4.48. The molecule has 1 aromatic carbocycles. The van der Waals surface area contributed by atoms with E-state index in [1.54, 1.807) is 0 Å². The van der Waals surface area contributed by atoms with Gasteiger partial charge in [0.15, 0.2) is 9.92 Å². The van der Waals surface area contributed by atoms with Crippen molar-refractivity contribution in [2.24, 2.45) is 5.92 Å². The molecule has 1 heterocycles. The van der Waals surface area contributed by atoms with Crippen LogP contribution in [0.15, 0.2) is 34.0 Å². The maximum Gasteiger partial charge on any atom is 0.332 e. The third kappa shape index (κ3) is 3.52. The average Bonchev–Trinajstić information content (AvgIpc) is 3.56. The van der Waals surface area contributed by atoms with Gasteiger partial charge in [-0.25, -0.2) is 18.5 Å². The topological polar surface area (TPSA) is 115 Å². The van der Waals surface area contributed by atoms with E-state index in [-0.39, 0.29) is 5.09 Å². The van der Waals surface area contributed by atoms with Gasteiger partial charge in [-0.1, -0.05) is 19.1 Å². The number of aryl methyl sites for hydroxylation is 1. The van der Waals surface area contributed by atoms with Gasteiger partial charge in [0, 0.05) is 17.3 Å². The molecule has 160 valence electrons. The van der Waals surface area contributed by atoms with Gasteiger partial charge in [0.25, 0.3) is 0 Å². The fourth-order valence-electron chi connectivity index (χ4n) is 4.50. The van der Waals surface area contributed by atoms with Gasteiger partial charge in [-0.15, -0.1) is 0 Å². The third-order valence-electron chi connectivity index (χ3n) is 6.73. The van der Waals surface area contributed by atoms with Crippen molar-refractivity contribution in [3.8, 4) is 0 Å². The maximum atomic E-state index is 12.8. The first-order chi connectivity index (χ1) is 14.3. The zero-order valence-corrected chi connectivity index (χ0v) is 17.8. The molecule has 0 unspecified atom stereocenters. The van der Waals surface area contributed by atoms with Crippen LogP contribution >= 0.6 is 0 Å². The minimum Gasteiger partial charge on any atom is -0.452 e. The van der Waals surface area contributed by atoms with Crippen LogP contribution in [-0.4, -0.2) is 15.3 Å². The number of hydrogen-bond donors (Lipinski definition) is 4. The predicted molar refractivity (Wildman–Crippen MR) is 113 cm³/mol. The molecular formula is C22H27N3O4S. The summed E-state index contributed by atoms with van der Waals surface area (Å²) in [6, 6.07) is 5.00. The van der Waals surface area contributed by atoms with E-state index in [0.717, 1.165) is 36.1 Å². The van der Waals surface area contributed by atoms with E-state index in [0.29, 0.717) is 30.2 Å². The molecule has 2 fully saturated rings. The molecule has 0 bridgehead atoms. The Labute approximate surface area is 176 Å². The lowest BCUT2D eigenvalue weighted by molar-refractivity contribution is 0.150. The summed E-state index contributed by atoms with van der Waals surface area (Å²) in [4.78, 5) is 12.8. The van der Waals surface area contributed by atoms with Gasteiger partial charge in [0.2, 0.25) is 5.09 Å². The molecule has 5 rings (SSSR count). The molecule has 0 saturated heterocycles. The Bertz CT molecular complexity index is 1110. The fourth-order valence-corrected chi connectivity index (χ4v) is 5.39. The van der Waals surface area contributed by atoms with Gasteiger partial charge in [0.1, 0.15) is 0 Å². The molecule has 4 N–H and O–H groups in total. The number of urea groups is 1. The van der Waals surface area contributed by atoms with Crippen molar-refractivity contribution in [3.05, 3.63) is 46.7 Å². The molecule has 0 aliphatic heterocycles. The second-order valence-electron chi connectivity index (χ2n) is 8.95. The molecule has 30 heavy (non-hydrogen) atoms. The Morgan fingerprint density at radius 1 is 1.33 bits per heavy atom. The summed E-state index contributed by atoms with van der Waals surface area (Å²) in [5.74, 6) is 0.988. The Balaban J connectivity index is 1.37. The molecule has 3 aliphatic carbocycles. The molecule has 0 radical (unpaired) electrons. The first kappa shape index (κ1) is 19.6. The van der Waals surface area contributed by atoms with Crippen LogP contribution in [-0.2, 0) is 28.4 Å². The highest BCUT2D eigenvalue weighted by atomic mass is 32.2. The van der Waals surface area contributed by atoms with Crippen LogP contribution in [0.25, 0.3) is 0 Å². The molecule has 2 atom stereocenters. The number of aliphatic hydroxyl groups is 1. The quantitative estimate of drug-likeness (QED) is 0.544.